The van der Waals surface area contributed by atoms with Gasteiger partial charge >= 0.3 is 0 Å². The van der Waals surface area contributed by atoms with E-state index in [9.17, 15) is 4.79 Å². The van der Waals surface area contributed by atoms with E-state index < -0.39 is 6.04 Å². The van der Waals surface area contributed by atoms with Crippen LogP contribution in [0.15, 0.2) is 18.2 Å². The van der Waals surface area contributed by atoms with Crippen LogP contribution in [0.1, 0.15) is 45.4 Å². The van der Waals surface area contributed by atoms with E-state index in [-0.39, 0.29) is 5.91 Å². The molecule has 0 aromatic heterocycles. The fourth-order valence-electron chi connectivity index (χ4n) is 3.14. The Labute approximate surface area is 138 Å². The topological polar surface area (TPSA) is 73.6 Å². The molecule has 0 bridgehead atoms. The normalized spacial score (nSPS) is 16.7. The summed E-state index contributed by atoms with van der Waals surface area (Å²) in [6.45, 7) is 2.48. The third kappa shape index (κ3) is 5.13. The Balaban J connectivity index is 1.93. The molecule has 1 aliphatic rings. The van der Waals surface area contributed by atoms with Gasteiger partial charge in [-0.05, 0) is 31.4 Å². The molecule has 1 unspecified atom stereocenters. The number of hydrogen-bond acceptors (Lipinski definition) is 4. The summed E-state index contributed by atoms with van der Waals surface area (Å²) in [5.41, 5.74) is 6.75. The summed E-state index contributed by atoms with van der Waals surface area (Å²) < 4.78 is 10.8. The molecule has 1 fully saturated rings. The fraction of sp³-hybridized carbons (Fsp3) is 0.611. The van der Waals surface area contributed by atoms with E-state index in [1.165, 1.54) is 32.1 Å². The number of carbonyl (C=O) groups is 1. The van der Waals surface area contributed by atoms with Crippen molar-refractivity contribution in [3.63, 3.8) is 0 Å². The van der Waals surface area contributed by atoms with Gasteiger partial charge in [0.2, 0.25) is 5.91 Å². The van der Waals surface area contributed by atoms with Crippen molar-refractivity contribution in [3.8, 4) is 11.5 Å². The number of nitrogens with one attached hydrogen (secondary N) is 1. The zero-order valence-electron chi connectivity index (χ0n) is 14.1. The van der Waals surface area contributed by atoms with E-state index in [1.54, 1.807) is 25.3 Å². The zero-order valence-corrected chi connectivity index (χ0v) is 14.1. The Morgan fingerprint density at radius 1 is 1.30 bits per heavy atom. The molecule has 128 valence electrons. The minimum absolute atomic E-state index is 0.137. The third-order valence-electron chi connectivity index (χ3n) is 4.38. The lowest BCUT2D eigenvalue weighted by Crippen LogP contribution is -2.37. The van der Waals surface area contributed by atoms with Crippen molar-refractivity contribution >= 4 is 11.6 Å². The Bertz CT molecular complexity index is 513. The molecule has 0 aliphatic heterocycles. The molecule has 3 N–H and O–H groups in total. The summed E-state index contributed by atoms with van der Waals surface area (Å²) in [7, 11) is 1.58. The highest BCUT2D eigenvalue weighted by Gasteiger charge is 2.21. The van der Waals surface area contributed by atoms with Gasteiger partial charge in [0.15, 0.2) is 11.5 Å². The molecule has 1 aliphatic carbocycles. The van der Waals surface area contributed by atoms with Crippen LogP contribution in [0.4, 0.5) is 5.69 Å². The summed E-state index contributed by atoms with van der Waals surface area (Å²) >= 11 is 0. The molecule has 1 saturated carbocycles. The molecule has 1 aromatic carbocycles. The number of ether oxygens (including phenoxy) is 2. The lowest BCUT2D eigenvalue weighted by Gasteiger charge is -2.24. The van der Waals surface area contributed by atoms with E-state index in [1.807, 2.05) is 6.92 Å². The molecule has 1 amide bonds. The third-order valence-corrected chi connectivity index (χ3v) is 4.38. The Morgan fingerprint density at radius 3 is 2.70 bits per heavy atom. The van der Waals surface area contributed by atoms with Crippen molar-refractivity contribution in [2.45, 2.75) is 51.5 Å². The van der Waals surface area contributed by atoms with Crippen molar-refractivity contribution in [1.82, 2.24) is 0 Å². The smallest absolute Gasteiger partial charge is 0.241 e. The molecule has 5 nitrogen and oxygen atoms in total. The van der Waals surface area contributed by atoms with Gasteiger partial charge < -0.3 is 20.5 Å². The highest BCUT2D eigenvalue weighted by atomic mass is 16.5. The fourth-order valence-corrected chi connectivity index (χ4v) is 3.14. The molecular formula is C18H28N2O3. The van der Waals surface area contributed by atoms with E-state index in [2.05, 4.69) is 5.32 Å². The highest BCUT2D eigenvalue weighted by molar-refractivity contribution is 5.94. The molecule has 1 atom stereocenters. The van der Waals surface area contributed by atoms with Gasteiger partial charge in [0.25, 0.3) is 0 Å². The Morgan fingerprint density at radius 2 is 2.04 bits per heavy atom. The van der Waals surface area contributed by atoms with Crippen LogP contribution in [0.3, 0.4) is 0 Å². The lowest BCUT2D eigenvalue weighted by atomic mass is 9.85. The van der Waals surface area contributed by atoms with E-state index in [4.69, 9.17) is 15.2 Å². The number of anilines is 1. The zero-order chi connectivity index (χ0) is 16.7. The summed E-state index contributed by atoms with van der Waals surface area (Å²) in [5.74, 6) is 1.71. The molecule has 2 rings (SSSR count). The maximum atomic E-state index is 12.3. The van der Waals surface area contributed by atoms with E-state index >= 15 is 0 Å². The number of rotatable bonds is 7. The minimum atomic E-state index is -0.462. The first-order valence-corrected chi connectivity index (χ1v) is 8.51. The lowest BCUT2D eigenvalue weighted by molar-refractivity contribution is -0.117. The van der Waals surface area contributed by atoms with Gasteiger partial charge in [0.05, 0.1) is 19.8 Å². The largest absolute Gasteiger partial charge is 0.493 e. The van der Waals surface area contributed by atoms with Crippen LogP contribution in [-0.2, 0) is 4.79 Å². The van der Waals surface area contributed by atoms with Crippen molar-refractivity contribution in [2.75, 3.05) is 19.0 Å². The number of methoxy groups -OCH3 is 1. The number of benzene rings is 1. The maximum Gasteiger partial charge on any atom is 0.241 e. The molecule has 0 saturated heterocycles. The van der Waals surface area contributed by atoms with Gasteiger partial charge in [-0.15, -0.1) is 0 Å². The second-order valence-electron chi connectivity index (χ2n) is 6.13. The van der Waals surface area contributed by atoms with Crippen LogP contribution >= 0.6 is 0 Å². The second kappa shape index (κ2) is 8.77. The summed E-state index contributed by atoms with van der Waals surface area (Å²) in [6, 6.07) is 4.90. The molecule has 1 aromatic rings. The number of nitrogens with two attached hydrogens (primary N) is 1. The monoisotopic (exact) mass is 320 g/mol. The first kappa shape index (κ1) is 17.6. The molecule has 23 heavy (non-hydrogen) atoms. The van der Waals surface area contributed by atoms with Crippen molar-refractivity contribution in [2.24, 2.45) is 11.7 Å². The van der Waals surface area contributed by atoms with E-state index in [0.29, 0.717) is 29.7 Å². The van der Waals surface area contributed by atoms with Crippen LogP contribution in [0.2, 0.25) is 0 Å². The minimum Gasteiger partial charge on any atom is -0.493 e. The van der Waals surface area contributed by atoms with Crippen LogP contribution in [0, 0.1) is 5.92 Å². The highest BCUT2D eigenvalue weighted by Crippen LogP contribution is 2.31. The first-order valence-electron chi connectivity index (χ1n) is 8.51. The first-order chi connectivity index (χ1) is 11.1. The number of carbonyl (C=O) groups excluding carboxylic acids is 1. The van der Waals surface area contributed by atoms with Crippen molar-refractivity contribution in [3.05, 3.63) is 18.2 Å². The van der Waals surface area contributed by atoms with Crippen LogP contribution in [0.25, 0.3) is 0 Å². The molecule has 0 spiro atoms. The van der Waals surface area contributed by atoms with Gasteiger partial charge in [0.1, 0.15) is 0 Å². The second-order valence-corrected chi connectivity index (χ2v) is 6.13. The average molecular weight is 320 g/mol. The number of amides is 1. The molecule has 0 heterocycles. The van der Waals surface area contributed by atoms with Crippen molar-refractivity contribution in [1.29, 1.82) is 0 Å². The van der Waals surface area contributed by atoms with Crippen LogP contribution < -0.4 is 20.5 Å². The van der Waals surface area contributed by atoms with Gasteiger partial charge in [-0.3, -0.25) is 4.79 Å². The summed E-state index contributed by atoms with van der Waals surface area (Å²) in [4.78, 5) is 12.3. The van der Waals surface area contributed by atoms with Crippen molar-refractivity contribution < 1.29 is 14.3 Å². The predicted octanol–water partition coefficient (Wildman–Crippen LogP) is 3.33. The van der Waals surface area contributed by atoms with Gasteiger partial charge in [0, 0.05) is 11.8 Å². The molecule has 0 radical (unpaired) electrons. The van der Waals surface area contributed by atoms with Gasteiger partial charge in [-0.2, -0.15) is 0 Å². The molecular weight excluding hydrogens is 292 g/mol. The van der Waals surface area contributed by atoms with Gasteiger partial charge in [-0.25, -0.2) is 0 Å². The SMILES string of the molecule is CCOc1ccc(NC(=O)C(N)CC2CCCCC2)cc1OC. The Kier molecular flexibility index (Phi) is 6.71. The molecule has 5 heteroatoms. The summed E-state index contributed by atoms with van der Waals surface area (Å²) in [5, 5.41) is 2.88. The van der Waals surface area contributed by atoms with Crippen LogP contribution in [0.5, 0.6) is 11.5 Å². The Hall–Kier alpha value is -1.75. The van der Waals surface area contributed by atoms with E-state index in [0.717, 1.165) is 6.42 Å². The quantitative estimate of drug-likeness (QED) is 0.808. The average Bonchev–Trinajstić information content (AvgIpc) is 2.57. The number of hydrogen-bond donors (Lipinski definition) is 2. The van der Waals surface area contributed by atoms with Crippen LogP contribution in [-0.4, -0.2) is 25.7 Å². The standard InChI is InChI=1S/C18H28N2O3/c1-3-23-16-10-9-14(12-17(16)22-2)20-18(21)15(19)11-13-7-5-4-6-8-13/h9-10,12-13,15H,3-8,11,19H2,1-2H3,(H,20,21). The van der Waals surface area contributed by atoms with Gasteiger partial charge in [-0.1, -0.05) is 32.1 Å². The predicted molar refractivity (Wildman–Crippen MR) is 92.0 cm³/mol. The maximum absolute atomic E-state index is 12.3. The summed E-state index contributed by atoms with van der Waals surface area (Å²) in [6.07, 6.45) is 6.98.